The maximum atomic E-state index is 11.9. The number of hydrogen-bond donors (Lipinski definition) is 2. The van der Waals surface area contributed by atoms with Crippen molar-refractivity contribution >= 4 is 53.8 Å². The first-order valence-electron chi connectivity index (χ1n) is 7.75. The van der Waals surface area contributed by atoms with Crippen molar-refractivity contribution in [3.63, 3.8) is 0 Å². The highest BCUT2D eigenvalue weighted by molar-refractivity contribution is 7.99. The Balaban J connectivity index is 0.00000156. The molecule has 0 bridgehead atoms. The van der Waals surface area contributed by atoms with Crippen LogP contribution < -0.4 is 10.6 Å². The van der Waals surface area contributed by atoms with Crippen molar-refractivity contribution in [1.82, 2.24) is 20.6 Å². The zero-order valence-electron chi connectivity index (χ0n) is 13.6. The molecule has 0 saturated carbocycles. The summed E-state index contributed by atoms with van der Waals surface area (Å²) in [4.78, 5) is 20.8. The fourth-order valence-electron chi connectivity index (χ4n) is 2.41. The van der Waals surface area contributed by atoms with Crippen molar-refractivity contribution in [3.05, 3.63) is 34.8 Å². The Kier molecular flexibility index (Phi) is 10.4. The second kappa shape index (κ2) is 11.7. The predicted octanol–water partition coefficient (Wildman–Crippen LogP) is 2.80. The van der Waals surface area contributed by atoms with Gasteiger partial charge in [0.25, 0.3) is 0 Å². The summed E-state index contributed by atoms with van der Waals surface area (Å²) in [5, 5.41) is 9.41. The van der Waals surface area contributed by atoms with Gasteiger partial charge in [-0.2, -0.15) is 11.8 Å². The Morgan fingerprint density at radius 3 is 2.92 bits per heavy atom. The van der Waals surface area contributed by atoms with Crippen LogP contribution in [0.25, 0.3) is 11.4 Å². The molecule has 0 aliphatic carbocycles. The maximum absolute atomic E-state index is 11.9. The molecule has 1 unspecified atom stereocenters. The number of thioether (sulfide) groups is 1. The van der Waals surface area contributed by atoms with E-state index in [-0.39, 0.29) is 30.7 Å². The molecule has 2 aromatic rings. The number of carbonyl (C=O) groups is 1. The van der Waals surface area contributed by atoms with Crippen LogP contribution in [0.3, 0.4) is 0 Å². The van der Waals surface area contributed by atoms with Gasteiger partial charge in [0, 0.05) is 55.1 Å². The molecular formula is C16H22Cl2N4OS2. The minimum absolute atomic E-state index is 0. The van der Waals surface area contributed by atoms with E-state index in [4.69, 9.17) is 0 Å². The number of aromatic nitrogens is 2. The van der Waals surface area contributed by atoms with Crippen LogP contribution in [0.1, 0.15) is 11.4 Å². The molecule has 25 heavy (non-hydrogen) atoms. The zero-order chi connectivity index (χ0) is 15.9. The lowest BCUT2D eigenvalue weighted by Crippen LogP contribution is -2.41. The smallest absolute Gasteiger partial charge is 0.221 e. The average molecular weight is 421 g/mol. The molecule has 0 radical (unpaired) electrons. The van der Waals surface area contributed by atoms with Gasteiger partial charge in [0.05, 0.1) is 16.4 Å². The molecule has 1 amide bonds. The summed E-state index contributed by atoms with van der Waals surface area (Å²) in [5.74, 6) is 2.28. The summed E-state index contributed by atoms with van der Waals surface area (Å²) in [6.07, 6.45) is 3.09. The van der Waals surface area contributed by atoms with Gasteiger partial charge in [0.2, 0.25) is 5.91 Å². The fraction of sp³-hybridized carbons (Fsp3) is 0.438. The van der Waals surface area contributed by atoms with Gasteiger partial charge in [-0.05, 0) is 12.1 Å². The van der Waals surface area contributed by atoms with Crippen molar-refractivity contribution in [1.29, 1.82) is 0 Å². The number of nitrogens with zero attached hydrogens (tertiary/aromatic N) is 2. The number of hydrogen-bond acceptors (Lipinski definition) is 6. The Bertz CT molecular complexity index is 636. The minimum Gasteiger partial charge on any atom is -0.356 e. The van der Waals surface area contributed by atoms with Crippen LogP contribution in [-0.2, 0) is 11.2 Å². The predicted molar refractivity (Wildman–Crippen MR) is 110 cm³/mol. The second-order valence-corrected chi connectivity index (χ2v) is 7.46. The SMILES string of the molecule is Cl.Cl.O=C(CC1CSCCN1)NCCc1nc(-c2ccccn2)cs1. The summed E-state index contributed by atoms with van der Waals surface area (Å²) in [7, 11) is 0. The number of nitrogens with one attached hydrogen (secondary N) is 2. The number of rotatable bonds is 6. The van der Waals surface area contributed by atoms with Crippen LogP contribution in [0.4, 0.5) is 0 Å². The highest BCUT2D eigenvalue weighted by Gasteiger charge is 2.16. The highest BCUT2D eigenvalue weighted by atomic mass is 35.5. The largest absolute Gasteiger partial charge is 0.356 e. The summed E-state index contributed by atoms with van der Waals surface area (Å²) in [6.45, 7) is 1.63. The first-order chi connectivity index (χ1) is 11.3. The lowest BCUT2D eigenvalue weighted by molar-refractivity contribution is -0.121. The monoisotopic (exact) mass is 420 g/mol. The van der Waals surface area contributed by atoms with Crippen LogP contribution in [0, 0.1) is 0 Å². The molecule has 2 aromatic heterocycles. The zero-order valence-corrected chi connectivity index (χ0v) is 16.9. The molecule has 9 heteroatoms. The third kappa shape index (κ3) is 7.11. The molecule has 1 fully saturated rings. The van der Waals surface area contributed by atoms with Gasteiger partial charge in [0.1, 0.15) is 0 Å². The van der Waals surface area contributed by atoms with E-state index < -0.39 is 0 Å². The molecule has 2 N–H and O–H groups in total. The van der Waals surface area contributed by atoms with Crippen LogP contribution in [0.15, 0.2) is 29.8 Å². The number of carbonyl (C=O) groups excluding carboxylic acids is 1. The van der Waals surface area contributed by atoms with Crippen molar-refractivity contribution in [2.45, 2.75) is 18.9 Å². The minimum atomic E-state index is 0. The first-order valence-corrected chi connectivity index (χ1v) is 9.78. The molecule has 0 spiro atoms. The van der Waals surface area contributed by atoms with E-state index >= 15 is 0 Å². The number of pyridine rings is 1. The summed E-state index contributed by atoms with van der Waals surface area (Å²) in [6, 6.07) is 6.12. The Labute approximate surface area is 168 Å². The van der Waals surface area contributed by atoms with Crippen molar-refractivity contribution < 1.29 is 4.79 Å². The standard InChI is InChI=1S/C16H20N4OS2.2ClH/c21-15(9-12-10-22-8-7-17-12)19-6-4-16-20-14(11-23-16)13-3-1-2-5-18-13;;/h1-3,5,11-12,17H,4,6-10H2,(H,19,21);2*1H. The average Bonchev–Trinajstić information content (AvgIpc) is 3.05. The Morgan fingerprint density at radius 1 is 1.32 bits per heavy atom. The lowest BCUT2D eigenvalue weighted by Gasteiger charge is -2.22. The highest BCUT2D eigenvalue weighted by Crippen LogP contribution is 2.19. The topological polar surface area (TPSA) is 66.9 Å². The van der Waals surface area contributed by atoms with Gasteiger partial charge >= 0.3 is 0 Å². The van der Waals surface area contributed by atoms with Gasteiger partial charge in [-0.1, -0.05) is 6.07 Å². The van der Waals surface area contributed by atoms with Crippen molar-refractivity contribution in [3.8, 4) is 11.4 Å². The third-order valence-electron chi connectivity index (χ3n) is 3.57. The quantitative estimate of drug-likeness (QED) is 0.751. The van der Waals surface area contributed by atoms with E-state index in [0.717, 1.165) is 40.9 Å². The van der Waals surface area contributed by atoms with Gasteiger partial charge in [-0.25, -0.2) is 4.98 Å². The lowest BCUT2D eigenvalue weighted by atomic mass is 10.2. The van der Waals surface area contributed by atoms with Crippen LogP contribution >= 0.6 is 47.9 Å². The molecule has 0 aromatic carbocycles. The van der Waals surface area contributed by atoms with Gasteiger partial charge in [0.15, 0.2) is 0 Å². The summed E-state index contributed by atoms with van der Waals surface area (Å²) >= 11 is 3.52. The van der Waals surface area contributed by atoms with Crippen LogP contribution in [0.5, 0.6) is 0 Å². The Morgan fingerprint density at radius 2 is 2.20 bits per heavy atom. The van der Waals surface area contributed by atoms with Gasteiger partial charge < -0.3 is 10.6 Å². The molecule has 5 nitrogen and oxygen atoms in total. The maximum Gasteiger partial charge on any atom is 0.221 e. The van der Waals surface area contributed by atoms with Crippen molar-refractivity contribution in [2.75, 3.05) is 24.6 Å². The molecule has 3 heterocycles. The summed E-state index contributed by atoms with van der Waals surface area (Å²) in [5.41, 5.74) is 1.79. The second-order valence-electron chi connectivity index (χ2n) is 5.37. The molecule has 1 aliphatic heterocycles. The van der Waals surface area contributed by atoms with E-state index in [9.17, 15) is 4.79 Å². The molecular weight excluding hydrogens is 399 g/mol. The van der Waals surface area contributed by atoms with Gasteiger partial charge in [-0.15, -0.1) is 36.2 Å². The van der Waals surface area contributed by atoms with E-state index in [1.807, 2.05) is 35.3 Å². The van der Waals surface area contributed by atoms with Crippen molar-refractivity contribution in [2.24, 2.45) is 0 Å². The molecule has 1 atom stereocenters. The van der Waals surface area contributed by atoms with E-state index in [0.29, 0.717) is 19.0 Å². The van der Waals surface area contributed by atoms with E-state index in [1.165, 1.54) is 0 Å². The summed E-state index contributed by atoms with van der Waals surface area (Å²) < 4.78 is 0. The van der Waals surface area contributed by atoms with Crippen LogP contribution in [0.2, 0.25) is 0 Å². The number of thiazole rings is 1. The van der Waals surface area contributed by atoms with E-state index in [2.05, 4.69) is 20.6 Å². The number of halogens is 2. The van der Waals surface area contributed by atoms with E-state index in [1.54, 1.807) is 17.5 Å². The number of amides is 1. The third-order valence-corrected chi connectivity index (χ3v) is 5.61. The molecule has 1 saturated heterocycles. The Hall–Kier alpha value is -0.860. The normalized spacial score (nSPS) is 16.4. The first kappa shape index (κ1) is 22.2. The fourth-order valence-corrected chi connectivity index (χ4v) is 4.15. The molecule has 3 rings (SSSR count). The van der Waals surface area contributed by atoms with Gasteiger partial charge in [-0.3, -0.25) is 9.78 Å². The molecule has 138 valence electrons. The molecule has 1 aliphatic rings. The van der Waals surface area contributed by atoms with Crippen LogP contribution in [-0.4, -0.2) is 46.5 Å².